The molecule has 1 aromatic rings. The van der Waals surface area contributed by atoms with Crippen molar-refractivity contribution in [2.24, 2.45) is 5.92 Å². The Kier molecular flexibility index (Phi) is 5.01. The molecule has 0 aliphatic heterocycles. The molecule has 7 heteroatoms. The van der Waals surface area contributed by atoms with Gasteiger partial charge in [-0.05, 0) is 12.8 Å². The third-order valence-corrected chi connectivity index (χ3v) is 4.05. The highest BCUT2D eigenvalue weighted by Crippen LogP contribution is 2.26. The summed E-state index contributed by atoms with van der Waals surface area (Å²) in [4.78, 5) is 10.4. The Labute approximate surface area is 103 Å². The maximum Gasteiger partial charge on any atom is 0.313 e. The molecule has 0 bridgehead atoms. The molecule has 0 radical (unpaired) electrons. The highest BCUT2D eigenvalue weighted by molar-refractivity contribution is 8.01. The predicted octanol–water partition coefficient (Wildman–Crippen LogP) is 2.17. The number of thioether (sulfide) groups is 1. The summed E-state index contributed by atoms with van der Waals surface area (Å²) in [6.45, 7) is 6.33. The Morgan fingerprint density at radius 3 is 2.75 bits per heavy atom. The lowest BCUT2D eigenvalue weighted by Crippen LogP contribution is -2.21. The highest BCUT2D eigenvalue weighted by atomic mass is 32.2. The molecule has 0 aromatic carbocycles. The lowest BCUT2D eigenvalue weighted by molar-refractivity contribution is -0.133. The molecule has 0 saturated heterocycles. The number of nitrogens with zero attached hydrogens (tertiary/aromatic N) is 2. The van der Waals surface area contributed by atoms with Gasteiger partial charge in [0.15, 0.2) is 4.34 Å². The molecule has 16 heavy (non-hydrogen) atoms. The van der Waals surface area contributed by atoms with Crippen LogP contribution in [0.25, 0.3) is 0 Å². The maximum atomic E-state index is 10.4. The van der Waals surface area contributed by atoms with Crippen molar-refractivity contribution in [2.75, 3.05) is 11.1 Å². The van der Waals surface area contributed by atoms with Crippen LogP contribution in [0.2, 0.25) is 0 Å². The second-order valence-electron chi connectivity index (χ2n) is 3.73. The molecular weight excluding hydrogens is 246 g/mol. The number of aromatic nitrogens is 2. The van der Waals surface area contributed by atoms with Gasteiger partial charge in [-0.25, -0.2) is 0 Å². The normalized spacial score (nSPS) is 12.8. The first-order chi connectivity index (χ1) is 7.49. The van der Waals surface area contributed by atoms with E-state index < -0.39 is 5.97 Å². The molecule has 1 atom stereocenters. The smallest absolute Gasteiger partial charge is 0.313 e. The maximum absolute atomic E-state index is 10.4. The van der Waals surface area contributed by atoms with Gasteiger partial charge in [-0.3, -0.25) is 4.79 Å². The summed E-state index contributed by atoms with van der Waals surface area (Å²) in [7, 11) is 0. The molecule has 1 heterocycles. The van der Waals surface area contributed by atoms with E-state index in [0.717, 1.165) is 5.13 Å². The summed E-state index contributed by atoms with van der Waals surface area (Å²) in [6, 6.07) is 0.324. The van der Waals surface area contributed by atoms with Gasteiger partial charge in [0, 0.05) is 6.04 Å². The van der Waals surface area contributed by atoms with Crippen LogP contribution in [-0.4, -0.2) is 33.1 Å². The van der Waals surface area contributed by atoms with E-state index in [-0.39, 0.29) is 5.75 Å². The van der Waals surface area contributed by atoms with E-state index in [0.29, 0.717) is 16.3 Å². The van der Waals surface area contributed by atoms with Crippen LogP contribution < -0.4 is 5.32 Å². The summed E-state index contributed by atoms with van der Waals surface area (Å²) in [5.74, 6) is -0.307. The minimum atomic E-state index is -0.842. The SMILES string of the molecule is CC(C)C(C)Nc1nnc(SCC(=O)O)s1. The minimum Gasteiger partial charge on any atom is -0.481 e. The zero-order valence-electron chi connectivity index (χ0n) is 9.43. The number of rotatable bonds is 6. The van der Waals surface area contributed by atoms with Crippen LogP contribution in [0.3, 0.4) is 0 Å². The largest absolute Gasteiger partial charge is 0.481 e. The Morgan fingerprint density at radius 2 is 2.19 bits per heavy atom. The topological polar surface area (TPSA) is 75.1 Å². The lowest BCUT2D eigenvalue weighted by Gasteiger charge is -2.15. The Hall–Kier alpha value is -0.820. The zero-order valence-corrected chi connectivity index (χ0v) is 11.1. The number of nitrogens with one attached hydrogen (secondary N) is 1. The van der Waals surface area contributed by atoms with Gasteiger partial charge < -0.3 is 10.4 Å². The van der Waals surface area contributed by atoms with Gasteiger partial charge in [-0.1, -0.05) is 36.9 Å². The fourth-order valence-corrected chi connectivity index (χ4v) is 2.38. The molecule has 1 aromatic heterocycles. The Balaban J connectivity index is 2.48. The zero-order chi connectivity index (χ0) is 12.1. The highest BCUT2D eigenvalue weighted by Gasteiger charge is 2.11. The number of carbonyl (C=O) groups is 1. The molecule has 5 nitrogen and oxygen atoms in total. The van der Waals surface area contributed by atoms with E-state index in [9.17, 15) is 4.79 Å². The number of hydrogen-bond donors (Lipinski definition) is 2. The van der Waals surface area contributed by atoms with Gasteiger partial charge in [0.25, 0.3) is 0 Å². The van der Waals surface area contributed by atoms with Crippen molar-refractivity contribution in [1.82, 2.24) is 10.2 Å². The van der Waals surface area contributed by atoms with Crippen LogP contribution in [0, 0.1) is 5.92 Å². The minimum absolute atomic E-state index is 0.0222. The molecule has 0 aliphatic carbocycles. The Morgan fingerprint density at radius 1 is 1.50 bits per heavy atom. The molecule has 0 amide bonds. The summed E-state index contributed by atoms with van der Waals surface area (Å²) in [6.07, 6.45) is 0. The first-order valence-electron chi connectivity index (χ1n) is 4.93. The van der Waals surface area contributed by atoms with Crippen LogP contribution >= 0.6 is 23.1 Å². The van der Waals surface area contributed by atoms with E-state index >= 15 is 0 Å². The van der Waals surface area contributed by atoms with Crippen LogP contribution in [0.15, 0.2) is 4.34 Å². The van der Waals surface area contributed by atoms with Crippen molar-refractivity contribution in [2.45, 2.75) is 31.2 Å². The van der Waals surface area contributed by atoms with Crippen LogP contribution in [-0.2, 0) is 4.79 Å². The van der Waals surface area contributed by atoms with Crippen molar-refractivity contribution in [3.8, 4) is 0 Å². The lowest BCUT2D eigenvalue weighted by atomic mass is 10.1. The number of anilines is 1. The second kappa shape index (κ2) is 6.05. The molecule has 0 spiro atoms. The summed E-state index contributed by atoms with van der Waals surface area (Å²) in [5.41, 5.74) is 0. The van der Waals surface area contributed by atoms with E-state index in [1.165, 1.54) is 23.1 Å². The predicted molar refractivity (Wildman–Crippen MR) is 66.2 cm³/mol. The summed E-state index contributed by atoms with van der Waals surface area (Å²) in [5, 5.41) is 20.4. The molecule has 0 fully saturated rings. The van der Waals surface area contributed by atoms with Gasteiger partial charge >= 0.3 is 5.97 Å². The standard InChI is InChI=1S/C9H15N3O2S2/c1-5(2)6(3)10-8-11-12-9(16-8)15-4-7(13)14/h5-6H,4H2,1-3H3,(H,10,11)(H,13,14). The number of carboxylic acid groups (broad SMARTS) is 1. The fraction of sp³-hybridized carbons (Fsp3) is 0.667. The molecule has 1 rings (SSSR count). The van der Waals surface area contributed by atoms with Gasteiger partial charge in [-0.15, -0.1) is 10.2 Å². The van der Waals surface area contributed by atoms with E-state index in [4.69, 9.17) is 5.11 Å². The van der Waals surface area contributed by atoms with Crippen molar-refractivity contribution >= 4 is 34.2 Å². The van der Waals surface area contributed by atoms with Crippen molar-refractivity contribution < 1.29 is 9.90 Å². The molecule has 2 N–H and O–H groups in total. The molecular formula is C9H15N3O2S2. The van der Waals surface area contributed by atoms with Crippen LogP contribution in [0.5, 0.6) is 0 Å². The van der Waals surface area contributed by atoms with Crippen LogP contribution in [0.1, 0.15) is 20.8 Å². The quantitative estimate of drug-likeness (QED) is 0.764. The average molecular weight is 261 g/mol. The van der Waals surface area contributed by atoms with Crippen molar-refractivity contribution in [1.29, 1.82) is 0 Å². The van der Waals surface area contributed by atoms with Crippen molar-refractivity contribution in [3.05, 3.63) is 0 Å². The fourth-order valence-electron chi connectivity index (χ4n) is 0.811. The number of hydrogen-bond acceptors (Lipinski definition) is 6. The third-order valence-electron chi connectivity index (χ3n) is 2.08. The second-order valence-corrected chi connectivity index (χ2v) is 5.93. The van der Waals surface area contributed by atoms with Gasteiger partial charge in [-0.2, -0.15) is 0 Å². The van der Waals surface area contributed by atoms with E-state index in [1.807, 2.05) is 0 Å². The van der Waals surface area contributed by atoms with Gasteiger partial charge in [0.05, 0.1) is 5.75 Å². The Bertz CT molecular complexity index is 354. The molecule has 0 aliphatic rings. The third kappa shape index (κ3) is 4.36. The van der Waals surface area contributed by atoms with Gasteiger partial charge in [0.1, 0.15) is 0 Å². The monoisotopic (exact) mass is 261 g/mol. The summed E-state index contributed by atoms with van der Waals surface area (Å²) < 4.78 is 0.681. The summed E-state index contributed by atoms with van der Waals surface area (Å²) >= 11 is 2.58. The molecule has 0 saturated carbocycles. The number of aliphatic carboxylic acids is 1. The first-order valence-corrected chi connectivity index (χ1v) is 6.74. The van der Waals surface area contributed by atoms with Crippen molar-refractivity contribution in [3.63, 3.8) is 0 Å². The molecule has 90 valence electrons. The van der Waals surface area contributed by atoms with E-state index in [2.05, 4.69) is 36.3 Å². The van der Waals surface area contributed by atoms with Crippen LogP contribution in [0.4, 0.5) is 5.13 Å². The molecule has 1 unspecified atom stereocenters. The average Bonchev–Trinajstić information content (AvgIpc) is 2.62. The first kappa shape index (κ1) is 13.2. The van der Waals surface area contributed by atoms with Gasteiger partial charge in [0.2, 0.25) is 5.13 Å². The number of carboxylic acids is 1. The van der Waals surface area contributed by atoms with E-state index in [1.54, 1.807) is 0 Å².